The third kappa shape index (κ3) is 3.04. The maximum absolute atomic E-state index is 5.88. The van der Waals surface area contributed by atoms with Crippen molar-refractivity contribution in [1.82, 2.24) is 4.98 Å². The summed E-state index contributed by atoms with van der Waals surface area (Å²) in [6.45, 7) is 2.99. The van der Waals surface area contributed by atoms with Crippen molar-refractivity contribution in [3.8, 4) is 0 Å². The largest absolute Gasteiger partial charge is 0.396 e. The number of hydrogen-bond donors (Lipinski definition) is 2. The first-order valence-electron chi connectivity index (χ1n) is 5.80. The van der Waals surface area contributed by atoms with Crippen LogP contribution in [0.1, 0.15) is 18.5 Å². The molecule has 0 aliphatic carbocycles. The number of rotatable bonds is 3. The van der Waals surface area contributed by atoms with E-state index in [1.165, 1.54) is 24.3 Å². The van der Waals surface area contributed by atoms with Crippen molar-refractivity contribution in [3.05, 3.63) is 17.8 Å². The molecule has 0 atom stereocenters. The minimum absolute atomic E-state index is 0.746. The van der Waals surface area contributed by atoms with Crippen LogP contribution < -0.4 is 11.1 Å². The Labute approximate surface area is 101 Å². The van der Waals surface area contributed by atoms with Gasteiger partial charge >= 0.3 is 0 Å². The molecule has 1 aliphatic heterocycles. The number of thioether (sulfide) groups is 1. The molecule has 0 aromatic carbocycles. The zero-order valence-electron chi connectivity index (χ0n) is 9.70. The van der Waals surface area contributed by atoms with Crippen molar-refractivity contribution in [2.45, 2.75) is 19.8 Å². The molecule has 1 aromatic heterocycles. The summed E-state index contributed by atoms with van der Waals surface area (Å²) in [5, 5.41) is 3.38. The van der Waals surface area contributed by atoms with E-state index in [4.69, 9.17) is 5.73 Å². The average Bonchev–Trinajstić information content (AvgIpc) is 2.32. The minimum atomic E-state index is 0.746. The number of nitrogen functional groups attached to an aromatic ring is 1. The van der Waals surface area contributed by atoms with Gasteiger partial charge in [-0.25, -0.2) is 4.98 Å². The lowest BCUT2D eigenvalue weighted by Crippen LogP contribution is -2.20. The van der Waals surface area contributed by atoms with Gasteiger partial charge in [0.2, 0.25) is 0 Å². The Morgan fingerprint density at radius 1 is 1.44 bits per heavy atom. The monoisotopic (exact) mass is 237 g/mol. The quantitative estimate of drug-likeness (QED) is 0.848. The molecule has 0 amide bonds. The van der Waals surface area contributed by atoms with E-state index in [0.717, 1.165) is 29.7 Å². The van der Waals surface area contributed by atoms with E-state index < -0.39 is 0 Å². The van der Waals surface area contributed by atoms with E-state index in [-0.39, 0.29) is 0 Å². The summed E-state index contributed by atoms with van der Waals surface area (Å²) in [6.07, 6.45) is 2.62. The number of aryl methyl sites for hydroxylation is 1. The van der Waals surface area contributed by atoms with Crippen LogP contribution in [-0.4, -0.2) is 23.0 Å². The molecule has 2 heterocycles. The number of anilines is 2. The summed E-state index contributed by atoms with van der Waals surface area (Å²) in [5.74, 6) is 4.22. The van der Waals surface area contributed by atoms with Gasteiger partial charge in [0, 0.05) is 12.2 Å². The summed E-state index contributed by atoms with van der Waals surface area (Å²) < 4.78 is 0. The van der Waals surface area contributed by atoms with Crippen LogP contribution in [0.3, 0.4) is 0 Å². The molecule has 0 bridgehead atoms. The highest BCUT2D eigenvalue weighted by atomic mass is 32.2. The van der Waals surface area contributed by atoms with E-state index in [9.17, 15) is 0 Å². The van der Waals surface area contributed by atoms with Crippen LogP contribution in [-0.2, 0) is 0 Å². The van der Waals surface area contributed by atoms with E-state index in [1.807, 2.05) is 19.1 Å². The van der Waals surface area contributed by atoms with Gasteiger partial charge in [0.05, 0.1) is 5.69 Å². The lowest BCUT2D eigenvalue weighted by Gasteiger charge is -2.22. The van der Waals surface area contributed by atoms with Crippen LogP contribution in [0.25, 0.3) is 0 Å². The predicted octanol–water partition coefficient (Wildman–Crippen LogP) is 2.53. The first-order valence-corrected chi connectivity index (χ1v) is 6.96. The standard InChI is InChI=1S/C12H19N3S/c1-9-2-3-11(13)12(15-9)14-8-10-4-6-16-7-5-10/h2-3,10H,4-8,13H2,1H3,(H,14,15). The van der Waals surface area contributed by atoms with Crippen LogP contribution in [0.15, 0.2) is 12.1 Å². The normalized spacial score (nSPS) is 17.3. The van der Waals surface area contributed by atoms with Gasteiger partial charge in [-0.15, -0.1) is 0 Å². The summed E-state index contributed by atoms with van der Waals surface area (Å²) in [4.78, 5) is 4.42. The molecule has 1 aliphatic rings. The lowest BCUT2D eigenvalue weighted by atomic mass is 10.0. The van der Waals surface area contributed by atoms with Gasteiger partial charge < -0.3 is 11.1 Å². The molecule has 0 spiro atoms. The van der Waals surface area contributed by atoms with Gasteiger partial charge in [0.1, 0.15) is 5.82 Å². The molecule has 1 aromatic rings. The SMILES string of the molecule is Cc1ccc(N)c(NCC2CCSCC2)n1. The van der Waals surface area contributed by atoms with E-state index in [1.54, 1.807) is 0 Å². The molecule has 4 heteroatoms. The predicted molar refractivity (Wildman–Crippen MR) is 71.9 cm³/mol. The topological polar surface area (TPSA) is 50.9 Å². The smallest absolute Gasteiger partial charge is 0.149 e. The molecule has 0 saturated carbocycles. The fourth-order valence-electron chi connectivity index (χ4n) is 1.90. The second-order valence-corrected chi connectivity index (χ2v) is 5.55. The van der Waals surface area contributed by atoms with Gasteiger partial charge in [-0.2, -0.15) is 11.8 Å². The van der Waals surface area contributed by atoms with Gasteiger partial charge in [-0.3, -0.25) is 0 Å². The van der Waals surface area contributed by atoms with Gasteiger partial charge in [-0.1, -0.05) is 0 Å². The second-order valence-electron chi connectivity index (χ2n) is 4.33. The summed E-state index contributed by atoms with van der Waals surface area (Å²) in [6, 6.07) is 3.86. The van der Waals surface area contributed by atoms with Crippen molar-refractivity contribution in [3.63, 3.8) is 0 Å². The summed E-state index contributed by atoms with van der Waals surface area (Å²) in [5.41, 5.74) is 7.63. The minimum Gasteiger partial charge on any atom is -0.396 e. The first kappa shape index (κ1) is 11.6. The number of aromatic nitrogens is 1. The molecule has 1 saturated heterocycles. The van der Waals surface area contributed by atoms with Crippen molar-refractivity contribution in [2.24, 2.45) is 5.92 Å². The Kier molecular flexibility index (Phi) is 3.93. The molecule has 0 unspecified atom stereocenters. The number of nitrogens with one attached hydrogen (secondary N) is 1. The van der Waals surface area contributed by atoms with Crippen molar-refractivity contribution in [2.75, 3.05) is 29.1 Å². The van der Waals surface area contributed by atoms with Gasteiger partial charge in [0.15, 0.2) is 0 Å². The van der Waals surface area contributed by atoms with E-state index >= 15 is 0 Å². The number of nitrogens with zero attached hydrogens (tertiary/aromatic N) is 1. The van der Waals surface area contributed by atoms with Crippen molar-refractivity contribution >= 4 is 23.3 Å². The van der Waals surface area contributed by atoms with E-state index in [2.05, 4.69) is 22.1 Å². The fraction of sp³-hybridized carbons (Fsp3) is 0.583. The maximum atomic E-state index is 5.88. The highest BCUT2D eigenvalue weighted by Crippen LogP contribution is 2.23. The van der Waals surface area contributed by atoms with E-state index in [0.29, 0.717) is 0 Å². The van der Waals surface area contributed by atoms with Crippen molar-refractivity contribution < 1.29 is 0 Å². The third-order valence-electron chi connectivity index (χ3n) is 2.96. The summed E-state index contributed by atoms with van der Waals surface area (Å²) in [7, 11) is 0. The molecule has 1 fully saturated rings. The molecule has 88 valence electrons. The zero-order chi connectivity index (χ0) is 11.4. The lowest BCUT2D eigenvalue weighted by molar-refractivity contribution is 0.515. The zero-order valence-corrected chi connectivity index (χ0v) is 10.5. The Hall–Kier alpha value is -0.900. The Bertz CT molecular complexity index is 348. The molecule has 2 rings (SSSR count). The fourth-order valence-corrected chi connectivity index (χ4v) is 3.10. The second kappa shape index (κ2) is 5.43. The van der Waals surface area contributed by atoms with Gasteiger partial charge in [-0.05, 0) is 49.3 Å². The van der Waals surface area contributed by atoms with Crippen LogP contribution in [0, 0.1) is 12.8 Å². The Morgan fingerprint density at radius 2 is 2.19 bits per heavy atom. The molecule has 3 N–H and O–H groups in total. The van der Waals surface area contributed by atoms with Crippen LogP contribution >= 0.6 is 11.8 Å². The molecular weight excluding hydrogens is 218 g/mol. The van der Waals surface area contributed by atoms with Crippen LogP contribution in [0.4, 0.5) is 11.5 Å². The molecule has 0 radical (unpaired) electrons. The molecular formula is C12H19N3S. The number of nitrogens with two attached hydrogens (primary N) is 1. The number of hydrogen-bond acceptors (Lipinski definition) is 4. The summed E-state index contributed by atoms with van der Waals surface area (Å²) >= 11 is 2.06. The average molecular weight is 237 g/mol. The Morgan fingerprint density at radius 3 is 2.94 bits per heavy atom. The highest BCUT2D eigenvalue weighted by molar-refractivity contribution is 7.99. The van der Waals surface area contributed by atoms with Gasteiger partial charge in [0.25, 0.3) is 0 Å². The van der Waals surface area contributed by atoms with Crippen LogP contribution in [0.2, 0.25) is 0 Å². The number of pyridine rings is 1. The maximum Gasteiger partial charge on any atom is 0.149 e. The van der Waals surface area contributed by atoms with Crippen molar-refractivity contribution in [1.29, 1.82) is 0 Å². The highest BCUT2D eigenvalue weighted by Gasteiger charge is 2.13. The molecule has 3 nitrogen and oxygen atoms in total. The molecule has 16 heavy (non-hydrogen) atoms. The van der Waals surface area contributed by atoms with Crippen LogP contribution in [0.5, 0.6) is 0 Å². The first-order chi connectivity index (χ1) is 7.75. The third-order valence-corrected chi connectivity index (χ3v) is 4.01. The Balaban J connectivity index is 1.90.